The lowest BCUT2D eigenvalue weighted by Gasteiger charge is -2.08. The zero-order chi connectivity index (χ0) is 19.4. The summed E-state index contributed by atoms with van der Waals surface area (Å²) >= 11 is 0. The number of anilines is 1. The Hall–Kier alpha value is -3.48. The fourth-order valence-electron chi connectivity index (χ4n) is 2.40. The molecule has 0 fully saturated rings. The van der Waals surface area contributed by atoms with Gasteiger partial charge in [0, 0.05) is 11.3 Å². The molecule has 6 nitrogen and oxygen atoms in total. The number of carbonyl (C=O) groups is 2. The molecule has 138 valence electrons. The number of halogens is 1. The van der Waals surface area contributed by atoms with Crippen molar-refractivity contribution in [1.82, 2.24) is 5.16 Å². The van der Waals surface area contributed by atoms with Crippen LogP contribution < -0.4 is 10.1 Å². The number of carbonyl (C=O) groups excluding carboxylic acids is 2. The summed E-state index contributed by atoms with van der Waals surface area (Å²) in [6.45, 7) is 3.20. The van der Waals surface area contributed by atoms with E-state index < -0.39 is 5.91 Å². The van der Waals surface area contributed by atoms with Gasteiger partial charge in [-0.3, -0.25) is 9.59 Å². The largest absolute Gasteiger partial charge is 0.489 e. The summed E-state index contributed by atoms with van der Waals surface area (Å²) in [7, 11) is 0. The van der Waals surface area contributed by atoms with E-state index in [9.17, 15) is 14.0 Å². The van der Waals surface area contributed by atoms with E-state index in [1.807, 2.05) is 0 Å². The van der Waals surface area contributed by atoms with Gasteiger partial charge in [-0.2, -0.15) is 0 Å². The lowest BCUT2D eigenvalue weighted by molar-refractivity contribution is 0.101. The van der Waals surface area contributed by atoms with E-state index in [-0.39, 0.29) is 23.9 Å². The molecule has 0 saturated carbocycles. The van der Waals surface area contributed by atoms with Crippen molar-refractivity contribution in [3.63, 3.8) is 0 Å². The van der Waals surface area contributed by atoms with E-state index in [0.717, 1.165) is 0 Å². The Labute approximate surface area is 154 Å². The topological polar surface area (TPSA) is 81.4 Å². The van der Waals surface area contributed by atoms with Crippen LogP contribution in [0.15, 0.2) is 53.1 Å². The van der Waals surface area contributed by atoms with E-state index in [1.54, 1.807) is 31.2 Å². The second-order valence-corrected chi connectivity index (χ2v) is 5.90. The normalized spacial score (nSPS) is 10.5. The molecule has 1 aromatic heterocycles. The zero-order valence-electron chi connectivity index (χ0n) is 14.8. The standard InChI is InChI=1S/C20H17FN2O4/c1-12(24)14-3-7-16(8-4-14)22-20(25)19-18(13(2)27-23-19)11-26-17-9-5-15(21)6-10-17/h3-10H,11H2,1-2H3,(H,22,25). The predicted octanol–water partition coefficient (Wildman–Crippen LogP) is 4.16. The number of hydrogen-bond donors (Lipinski definition) is 1. The average Bonchev–Trinajstić information content (AvgIpc) is 3.02. The SMILES string of the molecule is CC(=O)c1ccc(NC(=O)c2noc(C)c2COc2ccc(F)cc2)cc1. The molecule has 1 amide bonds. The molecule has 0 aliphatic heterocycles. The summed E-state index contributed by atoms with van der Waals surface area (Å²) in [6.07, 6.45) is 0. The van der Waals surface area contributed by atoms with E-state index in [4.69, 9.17) is 9.26 Å². The molecule has 1 heterocycles. The number of benzene rings is 2. The van der Waals surface area contributed by atoms with Crippen LogP contribution in [0, 0.1) is 12.7 Å². The highest BCUT2D eigenvalue weighted by Crippen LogP contribution is 2.20. The highest BCUT2D eigenvalue weighted by Gasteiger charge is 2.20. The molecule has 0 atom stereocenters. The summed E-state index contributed by atoms with van der Waals surface area (Å²) < 4.78 is 23.7. The summed E-state index contributed by atoms with van der Waals surface area (Å²) in [6, 6.07) is 12.1. The second-order valence-electron chi connectivity index (χ2n) is 5.90. The summed E-state index contributed by atoms with van der Waals surface area (Å²) in [5, 5.41) is 6.51. The van der Waals surface area contributed by atoms with E-state index in [1.165, 1.54) is 31.2 Å². The zero-order valence-corrected chi connectivity index (χ0v) is 14.8. The van der Waals surface area contributed by atoms with Crippen LogP contribution in [0.5, 0.6) is 5.75 Å². The smallest absolute Gasteiger partial charge is 0.278 e. The Kier molecular flexibility index (Phi) is 5.30. The van der Waals surface area contributed by atoms with Crippen molar-refractivity contribution < 1.29 is 23.2 Å². The Morgan fingerprint density at radius 1 is 1.11 bits per heavy atom. The van der Waals surface area contributed by atoms with Crippen molar-refractivity contribution in [1.29, 1.82) is 0 Å². The first-order valence-electron chi connectivity index (χ1n) is 8.20. The third-order valence-electron chi connectivity index (χ3n) is 3.95. The lowest BCUT2D eigenvalue weighted by atomic mass is 10.1. The Morgan fingerprint density at radius 3 is 2.41 bits per heavy atom. The maximum absolute atomic E-state index is 13.0. The number of aryl methyl sites for hydroxylation is 1. The number of nitrogens with zero attached hydrogens (tertiary/aromatic N) is 1. The van der Waals surface area contributed by atoms with Crippen LogP contribution in [0.4, 0.5) is 10.1 Å². The summed E-state index contributed by atoms with van der Waals surface area (Å²) in [5.74, 6) is 0.0390. The van der Waals surface area contributed by atoms with Crippen LogP contribution in [0.2, 0.25) is 0 Å². The highest BCUT2D eigenvalue weighted by atomic mass is 19.1. The summed E-state index contributed by atoms with van der Waals surface area (Å²) in [4.78, 5) is 23.8. The van der Waals surface area contributed by atoms with Gasteiger partial charge in [0.1, 0.15) is 23.9 Å². The van der Waals surface area contributed by atoms with Crippen LogP contribution in [0.25, 0.3) is 0 Å². The van der Waals surface area contributed by atoms with Crippen molar-refractivity contribution in [3.8, 4) is 5.75 Å². The van der Waals surface area contributed by atoms with Crippen molar-refractivity contribution in [2.24, 2.45) is 0 Å². The van der Waals surface area contributed by atoms with Crippen LogP contribution in [-0.2, 0) is 6.61 Å². The molecule has 3 aromatic rings. The average molecular weight is 368 g/mol. The number of rotatable bonds is 6. The first-order valence-corrected chi connectivity index (χ1v) is 8.20. The molecule has 0 aliphatic carbocycles. The number of Topliss-reactive ketones (excluding diaryl/α,β-unsaturated/α-hetero) is 1. The van der Waals surface area contributed by atoms with Gasteiger partial charge in [0.25, 0.3) is 5.91 Å². The molecule has 7 heteroatoms. The Bertz CT molecular complexity index is 963. The predicted molar refractivity (Wildman–Crippen MR) is 96.4 cm³/mol. The van der Waals surface area contributed by atoms with Gasteiger partial charge < -0.3 is 14.6 Å². The minimum Gasteiger partial charge on any atom is -0.489 e. The van der Waals surface area contributed by atoms with Gasteiger partial charge in [-0.1, -0.05) is 5.16 Å². The molecule has 0 radical (unpaired) electrons. The monoisotopic (exact) mass is 368 g/mol. The number of ketones is 1. The number of nitrogens with one attached hydrogen (secondary N) is 1. The van der Waals surface area contributed by atoms with Crippen LogP contribution in [0.3, 0.4) is 0 Å². The molecular weight excluding hydrogens is 351 g/mol. The lowest BCUT2D eigenvalue weighted by Crippen LogP contribution is -2.15. The maximum Gasteiger partial charge on any atom is 0.278 e. The van der Waals surface area contributed by atoms with Gasteiger partial charge in [-0.15, -0.1) is 0 Å². The molecule has 3 rings (SSSR count). The van der Waals surface area contributed by atoms with Crippen LogP contribution in [-0.4, -0.2) is 16.8 Å². The first-order chi connectivity index (χ1) is 12.9. The molecule has 0 aliphatic rings. The molecule has 0 unspecified atom stereocenters. The molecule has 0 saturated heterocycles. The quantitative estimate of drug-likeness (QED) is 0.661. The van der Waals surface area contributed by atoms with Crippen molar-refractivity contribution in [2.45, 2.75) is 20.5 Å². The summed E-state index contributed by atoms with van der Waals surface area (Å²) in [5.41, 5.74) is 1.68. The van der Waals surface area contributed by atoms with Crippen molar-refractivity contribution in [2.75, 3.05) is 5.32 Å². The minimum absolute atomic E-state index is 0.0486. The maximum atomic E-state index is 13.0. The highest BCUT2D eigenvalue weighted by molar-refractivity contribution is 6.04. The molecule has 0 bridgehead atoms. The third kappa shape index (κ3) is 4.38. The van der Waals surface area contributed by atoms with E-state index in [0.29, 0.717) is 28.3 Å². The molecule has 0 spiro atoms. The van der Waals surface area contributed by atoms with Gasteiger partial charge in [0.15, 0.2) is 11.5 Å². The third-order valence-corrected chi connectivity index (χ3v) is 3.95. The molecule has 27 heavy (non-hydrogen) atoms. The number of ether oxygens (including phenoxy) is 1. The minimum atomic E-state index is -0.458. The van der Waals surface area contributed by atoms with Crippen molar-refractivity contribution in [3.05, 3.63) is 76.9 Å². The van der Waals surface area contributed by atoms with Gasteiger partial charge in [0.05, 0.1) is 5.56 Å². The number of hydrogen-bond acceptors (Lipinski definition) is 5. The molecule has 1 N–H and O–H groups in total. The first kappa shape index (κ1) is 18.3. The van der Waals surface area contributed by atoms with Gasteiger partial charge >= 0.3 is 0 Å². The van der Waals surface area contributed by atoms with E-state index >= 15 is 0 Å². The molecular formula is C20H17FN2O4. The Balaban J connectivity index is 1.71. The van der Waals surface area contributed by atoms with Crippen LogP contribution in [0.1, 0.15) is 39.1 Å². The van der Waals surface area contributed by atoms with Crippen LogP contribution >= 0.6 is 0 Å². The van der Waals surface area contributed by atoms with Gasteiger partial charge in [0.2, 0.25) is 0 Å². The Morgan fingerprint density at radius 2 is 1.78 bits per heavy atom. The fraction of sp³-hybridized carbons (Fsp3) is 0.150. The number of aromatic nitrogens is 1. The molecule has 2 aromatic carbocycles. The van der Waals surface area contributed by atoms with E-state index in [2.05, 4.69) is 10.5 Å². The van der Waals surface area contributed by atoms with Crippen molar-refractivity contribution >= 4 is 17.4 Å². The number of amides is 1. The fourth-order valence-corrected chi connectivity index (χ4v) is 2.40. The second kappa shape index (κ2) is 7.82. The van der Waals surface area contributed by atoms with Gasteiger partial charge in [-0.05, 0) is 62.4 Å². The van der Waals surface area contributed by atoms with Gasteiger partial charge in [-0.25, -0.2) is 4.39 Å².